The molecule has 2 aromatic carbocycles. The molecule has 2 aromatic rings. The zero-order chi connectivity index (χ0) is 20.8. The number of hydrogen-bond donors (Lipinski definition) is 1. The minimum atomic E-state index is -1.33. The van der Waals surface area contributed by atoms with Gasteiger partial charge in [-0.1, -0.05) is 36.4 Å². The average Bonchev–Trinajstić information content (AvgIpc) is 3.17. The Kier molecular flexibility index (Phi) is 4.70. The predicted octanol–water partition coefficient (Wildman–Crippen LogP) is 1.57. The number of benzene rings is 2. The van der Waals surface area contributed by atoms with Gasteiger partial charge in [0.2, 0.25) is 17.4 Å². The van der Waals surface area contributed by atoms with E-state index in [1.807, 2.05) is 0 Å². The van der Waals surface area contributed by atoms with Crippen molar-refractivity contribution in [2.24, 2.45) is 11.8 Å². The Balaban J connectivity index is 1.84. The fourth-order valence-corrected chi connectivity index (χ4v) is 4.61. The number of hydrogen-bond acceptors (Lipinski definition) is 4. The number of rotatable bonds is 4. The lowest BCUT2D eigenvalue weighted by atomic mass is 9.80. The lowest BCUT2D eigenvalue weighted by Gasteiger charge is -2.26. The maximum Gasteiger partial charge on any atom is 0.368 e. The third-order valence-electron chi connectivity index (χ3n) is 5.90. The number of esters is 1. The van der Waals surface area contributed by atoms with Crippen LogP contribution >= 0.6 is 0 Å². The minimum absolute atomic E-state index is 0.147. The van der Waals surface area contributed by atoms with Crippen LogP contribution in [0, 0.1) is 17.7 Å². The van der Waals surface area contributed by atoms with Gasteiger partial charge in [0.1, 0.15) is 23.7 Å². The van der Waals surface area contributed by atoms with Gasteiger partial charge in [-0.3, -0.25) is 9.59 Å². The molecule has 0 spiro atoms. The lowest BCUT2D eigenvalue weighted by molar-refractivity contribution is -0.731. The van der Waals surface area contributed by atoms with Crippen molar-refractivity contribution in [2.75, 3.05) is 11.5 Å². The Morgan fingerprint density at radius 2 is 1.76 bits per heavy atom. The molecule has 2 aliphatic heterocycles. The summed E-state index contributed by atoms with van der Waals surface area (Å²) in [4.78, 5) is 40.7. The number of anilines is 1. The number of carbonyl (C=O) groups is 3. The van der Waals surface area contributed by atoms with Crippen molar-refractivity contribution in [1.29, 1.82) is 0 Å². The number of fused-ring (bicyclic) bond motifs is 1. The summed E-state index contributed by atoms with van der Waals surface area (Å²) >= 11 is 0. The second kappa shape index (κ2) is 7.08. The quantitative estimate of drug-likeness (QED) is 0.627. The van der Waals surface area contributed by atoms with Crippen molar-refractivity contribution < 1.29 is 28.8 Å². The highest BCUT2D eigenvalue weighted by Crippen LogP contribution is 2.46. The summed E-state index contributed by atoms with van der Waals surface area (Å²) in [6.07, 6.45) is 0. The first-order chi connectivity index (χ1) is 13.9. The summed E-state index contributed by atoms with van der Waals surface area (Å²) in [5.41, 5.74) is -0.592. The zero-order valence-corrected chi connectivity index (χ0v) is 16.2. The molecule has 2 saturated heterocycles. The van der Waals surface area contributed by atoms with E-state index < -0.39 is 47.0 Å². The van der Waals surface area contributed by atoms with Crippen LogP contribution in [0.5, 0.6) is 0 Å². The van der Waals surface area contributed by atoms with E-state index in [-0.39, 0.29) is 6.61 Å². The van der Waals surface area contributed by atoms with Crippen LogP contribution in [0.2, 0.25) is 0 Å². The summed E-state index contributed by atoms with van der Waals surface area (Å²) in [6.45, 7) is 3.43. The van der Waals surface area contributed by atoms with Gasteiger partial charge in [-0.05, 0) is 25.1 Å². The maximum atomic E-state index is 14.6. The lowest BCUT2D eigenvalue weighted by Crippen LogP contribution is -2.97. The molecule has 6 nitrogen and oxygen atoms in total. The third kappa shape index (κ3) is 2.84. The Labute approximate surface area is 167 Å². The first-order valence-electron chi connectivity index (χ1n) is 9.60. The number of carbonyl (C=O) groups excluding carboxylic acids is 3. The van der Waals surface area contributed by atoms with Crippen molar-refractivity contribution in [1.82, 2.24) is 0 Å². The molecule has 0 aromatic heterocycles. The van der Waals surface area contributed by atoms with Crippen molar-refractivity contribution in [3.8, 4) is 0 Å². The Bertz CT molecular complexity index is 980. The summed E-state index contributed by atoms with van der Waals surface area (Å²) in [5.74, 6) is -3.75. The average molecular weight is 397 g/mol. The molecule has 0 radical (unpaired) electrons. The number of nitrogens with zero attached hydrogens (tertiary/aromatic N) is 1. The van der Waals surface area contributed by atoms with Crippen molar-refractivity contribution in [3.63, 3.8) is 0 Å². The number of para-hydroxylation sites is 1. The van der Waals surface area contributed by atoms with Crippen LogP contribution in [0.1, 0.15) is 25.5 Å². The van der Waals surface area contributed by atoms with Crippen LogP contribution in [-0.4, -0.2) is 29.9 Å². The monoisotopic (exact) mass is 397 g/mol. The predicted molar refractivity (Wildman–Crippen MR) is 102 cm³/mol. The summed E-state index contributed by atoms with van der Waals surface area (Å²) in [5, 5.41) is 1.62. The summed E-state index contributed by atoms with van der Waals surface area (Å²) < 4.78 is 19.8. The molecular weight excluding hydrogens is 375 g/mol. The van der Waals surface area contributed by atoms with E-state index in [1.54, 1.807) is 67.7 Å². The molecule has 2 fully saturated rings. The van der Waals surface area contributed by atoms with Crippen LogP contribution in [-0.2, 0) is 19.1 Å². The molecule has 2 N–H and O–H groups in total. The van der Waals surface area contributed by atoms with E-state index in [0.29, 0.717) is 11.3 Å². The highest BCUT2D eigenvalue weighted by molar-refractivity contribution is 6.23. The molecule has 150 valence electrons. The van der Waals surface area contributed by atoms with Crippen LogP contribution < -0.4 is 10.2 Å². The second-order valence-corrected chi connectivity index (χ2v) is 7.57. The van der Waals surface area contributed by atoms with E-state index >= 15 is 0 Å². The van der Waals surface area contributed by atoms with E-state index in [9.17, 15) is 18.8 Å². The van der Waals surface area contributed by atoms with Gasteiger partial charge in [-0.25, -0.2) is 14.1 Å². The standard InChI is InChI=1S/C22H21FN2O4/c1-3-29-21(28)22(2)17-16(18(24-22)14-11-7-8-12-15(14)23)19(26)25(20(17)27)13-9-5-4-6-10-13/h4-12,16-18,24H,3H2,1-2H3/p+1/t16-,17-,18-,22-/m0/s1. The van der Waals surface area contributed by atoms with Crippen molar-refractivity contribution >= 4 is 23.5 Å². The van der Waals surface area contributed by atoms with Crippen LogP contribution in [0.4, 0.5) is 10.1 Å². The Morgan fingerprint density at radius 1 is 1.10 bits per heavy atom. The molecular formula is C22H22FN2O4+. The zero-order valence-electron chi connectivity index (χ0n) is 16.2. The number of quaternary nitrogens is 1. The largest absolute Gasteiger partial charge is 0.461 e. The highest BCUT2D eigenvalue weighted by atomic mass is 19.1. The fraction of sp³-hybridized carbons (Fsp3) is 0.318. The molecule has 2 amide bonds. The van der Waals surface area contributed by atoms with Gasteiger partial charge in [0, 0.05) is 12.5 Å². The Hall–Kier alpha value is -3.06. The maximum absolute atomic E-state index is 14.6. The number of nitrogens with two attached hydrogens (primary N) is 1. The van der Waals surface area contributed by atoms with E-state index in [2.05, 4.69) is 0 Å². The molecule has 4 rings (SSSR count). The van der Waals surface area contributed by atoms with Crippen molar-refractivity contribution in [2.45, 2.75) is 25.4 Å². The summed E-state index contributed by atoms with van der Waals surface area (Å²) in [7, 11) is 0. The van der Waals surface area contributed by atoms with Crippen LogP contribution in [0.3, 0.4) is 0 Å². The number of imide groups is 1. The van der Waals surface area contributed by atoms with Gasteiger partial charge in [0.05, 0.1) is 12.3 Å². The molecule has 2 aliphatic rings. The number of halogens is 1. The minimum Gasteiger partial charge on any atom is -0.461 e. The molecule has 0 aliphatic carbocycles. The first-order valence-corrected chi connectivity index (χ1v) is 9.60. The molecule has 2 heterocycles. The molecule has 0 saturated carbocycles. The molecule has 0 bridgehead atoms. The van der Waals surface area contributed by atoms with Gasteiger partial charge in [-0.2, -0.15) is 0 Å². The van der Waals surface area contributed by atoms with Gasteiger partial charge < -0.3 is 10.1 Å². The molecule has 29 heavy (non-hydrogen) atoms. The van der Waals surface area contributed by atoms with Crippen molar-refractivity contribution in [3.05, 3.63) is 66.0 Å². The normalized spacial score (nSPS) is 28.5. The number of amides is 2. The van der Waals surface area contributed by atoms with E-state index in [4.69, 9.17) is 4.74 Å². The Morgan fingerprint density at radius 3 is 2.41 bits per heavy atom. The van der Waals surface area contributed by atoms with Gasteiger partial charge in [0.15, 0.2) is 0 Å². The molecule has 4 atom stereocenters. The third-order valence-corrected chi connectivity index (χ3v) is 5.90. The van der Waals surface area contributed by atoms with Crippen LogP contribution in [0.25, 0.3) is 0 Å². The first kappa shape index (κ1) is 19.3. The van der Waals surface area contributed by atoms with E-state index in [0.717, 1.165) is 4.90 Å². The fourth-order valence-electron chi connectivity index (χ4n) is 4.61. The number of ether oxygens (including phenoxy) is 1. The topological polar surface area (TPSA) is 80.3 Å². The summed E-state index contributed by atoms with van der Waals surface area (Å²) in [6, 6.07) is 14.0. The van der Waals surface area contributed by atoms with Gasteiger partial charge in [-0.15, -0.1) is 0 Å². The van der Waals surface area contributed by atoms with Gasteiger partial charge in [0.25, 0.3) is 0 Å². The van der Waals surface area contributed by atoms with E-state index in [1.165, 1.54) is 6.07 Å². The molecule has 7 heteroatoms. The van der Waals surface area contributed by atoms with Crippen LogP contribution in [0.15, 0.2) is 54.6 Å². The van der Waals surface area contributed by atoms with Gasteiger partial charge >= 0.3 is 5.97 Å². The second-order valence-electron chi connectivity index (χ2n) is 7.57. The highest BCUT2D eigenvalue weighted by Gasteiger charge is 2.71. The smallest absolute Gasteiger partial charge is 0.368 e. The molecule has 0 unspecified atom stereocenters. The SMILES string of the molecule is CCOC(=O)[C@@]1(C)[NH2+][C@@H](c2ccccc2F)[C@H]2C(=O)N(c3ccccc3)C(=O)[C@H]21.